The van der Waals surface area contributed by atoms with E-state index in [2.05, 4.69) is 10.6 Å². The number of nitrogens with one attached hydrogen (secondary N) is 2. The second-order valence-corrected chi connectivity index (χ2v) is 10.3. The average molecular weight is 488 g/mol. The van der Waals surface area contributed by atoms with Gasteiger partial charge in [0.05, 0.1) is 18.0 Å². The third-order valence-corrected chi connectivity index (χ3v) is 7.61. The van der Waals surface area contributed by atoms with Gasteiger partial charge < -0.3 is 10.2 Å². The zero-order chi connectivity index (χ0) is 23.9. The molecule has 2 unspecified atom stereocenters. The van der Waals surface area contributed by atoms with E-state index in [1.165, 1.54) is 16.2 Å². The van der Waals surface area contributed by atoms with Gasteiger partial charge in [-0.25, -0.2) is 0 Å². The fraction of sp³-hybridized carbons (Fsp3) is 0.417. The minimum Gasteiger partial charge on any atom is -0.351 e. The summed E-state index contributed by atoms with van der Waals surface area (Å²) in [7, 11) is 0. The molecule has 174 valence electrons. The molecule has 1 aromatic heterocycles. The smallest absolute Gasteiger partial charge is 0.256 e. The minimum absolute atomic E-state index is 0.0452. The minimum atomic E-state index is -0.649. The highest BCUT2D eigenvalue weighted by molar-refractivity contribution is 7.10. The number of fused-ring (bicyclic) bond motifs is 1. The summed E-state index contributed by atoms with van der Waals surface area (Å²) < 4.78 is 0. The number of benzene rings is 1. The Morgan fingerprint density at radius 3 is 2.73 bits per heavy atom. The van der Waals surface area contributed by atoms with Gasteiger partial charge in [-0.1, -0.05) is 37.6 Å². The van der Waals surface area contributed by atoms with Crippen molar-refractivity contribution in [2.75, 3.05) is 0 Å². The molecular weight excluding hydrogens is 462 g/mol. The normalized spacial score (nSPS) is 19.0. The first-order valence-corrected chi connectivity index (χ1v) is 12.2. The number of amides is 4. The summed E-state index contributed by atoms with van der Waals surface area (Å²) in [6.45, 7) is 6.52. The molecular formula is C24H26ClN3O4S. The van der Waals surface area contributed by atoms with Gasteiger partial charge in [-0.3, -0.25) is 24.5 Å². The number of halogens is 1. The molecule has 1 saturated heterocycles. The van der Waals surface area contributed by atoms with E-state index in [0.29, 0.717) is 30.1 Å². The van der Waals surface area contributed by atoms with Crippen LogP contribution in [0.1, 0.15) is 64.5 Å². The van der Waals surface area contributed by atoms with E-state index >= 15 is 0 Å². The maximum absolute atomic E-state index is 13.1. The summed E-state index contributed by atoms with van der Waals surface area (Å²) in [5.74, 6) is -1.42. The molecule has 4 amide bonds. The van der Waals surface area contributed by atoms with E-state index in [0.717, 1.165) is 21.6 Å². The molecule has 7 nitrogen and oxygen atoms in total. The molecule has 2 atom stereocenters. The number of thiophene rings is 1. The van der Waals surface area contributed by atoms with Crippen molar-refractivity contribution in [3.05, 3.63) is 55.7 Å². The third-order valence-electron chi connectivity index (χ3n) is 6.25. The second kappa shape index (κ2) is 9.27. The van der Waals surface area contributed by atoms with Crippen molar-refractivity contribution in [2.24, 2.45) is 5.92 Å². The van der Waals surface area contributed by atoms with E-state index in [4.69, 9.17) is 11.6 Å². The molecule has 0 radical (unpaired) electrons. The van der Waals surface area contributed by atoms with Crippen LogP contribution in [0.5, 0.6) is 0 Å². The fourth-order valence-corrected chi connectivity index (χ4v) is 5.84. The Morgan fingerprint density at radius 1 is 1.30 bits per heavy atom. The lowest BCUT2D eigenvalue weighted by atomic mass is 9.87. The van der Waals surface area contributed by atoms with Crippen LogP contribution in [0.3, 0.4) is 0 Å². The molecule has 4 rings (SSSR count). The van der Waals surface area contributed by atoms with Crippen LogP contribution in [0, 0.1) is 12.8 Å². The molecule has 0 spiro atoms. The Labute approximate surface area is 201 Å². The second-order valence-electron chi connectivity index (χ2n) is 8.92. The number of rotatable bonds is 6. The SMILES string of the molecule is Cc1ccc(C(C(=O)NCc2scc3c2CN(C2CCC(=O)NC2=O)C3=O)C(C)C)c(Cl)c1. The molecule has 1 fully saturated rings. The monoisotopic (exact) mass is 487 g/mol. The Kier molecular flexibility index (Phi) is 6.59. The topological polar surface area (TPSA) is 95.6 Å². The van der Waals surface area contributed by atoms with Crippen molar-refractivity contribution in [1.82, 2.24) is 15.5 Å². The third kappa shape index (κ3) is 4.54. The molecule has 0 saturated carbocycles. The molecule has 2 aromatic rings. The summed E-state index contributed by atoms with van der Waals surface area (Å²) >= 11 is 7.87. The molecule has 1 aromatic carbocycles. The molecule has 9 heteroatoms. The van der Waals surface area contributed by atoms with Crippen LogP contribution < -0.4 is 10.6 Å². The zero-order valence-electron chi connectivity index (χ0n) is 18.7. The molecule has 0 aliphatic carbocycles. The van der Waals surface area contributed by atoms with Crippen LogP contribution in [0.4, 0.5) is 0 Å². The van der Waals surface area contributed by atoms with Crippen molar-refractivity contribution >= 4 is 46.6 Å². The number of carbonyl (C=O) groups is 4. The van der Waals surface area contributed by atoms with Crippen LogP contribution in [-0.4, -0.2) is 34.6 Å². The number of nitrogens with zero attached hydrogens (tertiary/aromatic N) is 1. The van der Waals surface area contributed by atoms with E-state index < -0.39 is 17.9 Å². The highest BCUT2D eigenvalue weighted by Crippen LogP contribution is 2.35. The van der Waals surface area contributed by atoms with Crippen molar-refractivity contribution in [1.29, 1.82) is 0 Å². The molecule has 33 heavy (non-hydrogen) atoms. The lowest BCUT2D eigenvalue weighted by Gasteiger charge is -2.29. The Bertz CT molecular complexity index is 1140. The fourth-order valence-electron chi connectivity index (χ4n) is 4.52. The first kappa shape index (κ1) is 23.4. The van der Waals surface area contributed by atoms with E-state index in [-0.39, 0.29) is 30.1 Å². The van der Waals surface area contributed by atoms with Gasteiger partial charge in [-0.2, -0.15) is 0 Å². The first-order valence-electron chi connectivity index (χ1n) is 10.9. The number of aryl methyl sites for hydroxylation is 1. The van der Waals surface area contributed by atoms with Gasteiger partial charge in [0.2, 0.25) is 17.7 Å². The Balaban J connectivity index is 1.47. The standard InChI is InChI=1S/C24H26ClN3O4S/c1-12(2)21(14-5-4-13(3)8-17(14)25)23(31)26-9-19-15-10-28(24(32)16(15)11-33-19)18-6-7-20(29)27-22(18)30/h4-5,8,11-12,18,21H,6-7,9-10H2,1-3H3,(H,26,31)(H,27,29,30). The van der Waals surface area contributed by atoms with Crippen molar-refractivity contribution in [3.8, 4) is 0 Å². The van der Waals surface area contributed by atoms with E-state index in [1.807, 2.05) is 39.0 Å². The Morgan fingerprint density at radius 2 is 2.06 bits per heavy atom. The predicted octanol–water partition coefficient (Wildman–Crippen LogP) is 3.53. The summed E-state index contributed by atoms with van der Waals surface area (Å²) in [6.07, 6.45) is 0.539. The van der Waals surface area contributed by atoms with Gasteiger partial charge in [0.1, 0.15) is 6.04 Å². The van der Waals surface area contributed by atoms with Gasteiger partial charge >= 0.3 is 0 Å². The highest BCUT2D eigenvalue weighted by atomic mass is 35.5. The summed E-state index contributed by atoms with van der Waals surface area (Å²) in [6, 6.07) is 5.07. The maximum Gasteiger partial charge on any atom is 0.256 e. The molecule has 2 aliphatic rings. The van der Waals surface area contributed by atoms with Crippen LogP contribution in [0.2, 0.25) is 5.02 Å². The largest absolute Gasteiger partial charge is 0.351 e. The number of hydrogen-bond donors (Lipinski definition) is 2. The lowest BCUT2D eigenvalue weighted by molar-refractivity contribution is -0.137. The van der Waals surface area contributed by atoms with Crippen LogP contribution in [0.25, 0.3) is 0 Å². The maximum atomic E-state index is 13.1. The van der Waals surface area contributed by atoms with Gasteiger partial charge in [-0.05, 0) is 42.0 Å². The molecule has 0 bridgehead atoms. The van der Waals surface area contributed by atoms with Crippen molar-refractivity contribution in [3.63, 3.8) is 0 Å². The first-order chi connectivity index (χ1) is 15.7. The van der Waals surface area contributed by atoms with Gasteiger partial charge in [-0.15, -0.1) is 11.3 Å². The van der Waals surface area contributed by atoms with Crippen LogP contribution in [0.15, 0.2) is 23.6 Å². The molecule has 3 heterocycles. The van der Waals surface area contributed by atoms with E-state index in [9.17, 15) is 19.2 Å². The zero-order valence-corrected chi connectivity index (χ0v) is 20.3. The number of carbonyl (C=O) groups excluding carboxylic acids is 4. The molecule has 2 aliphatic heterocycles. The van der Waals surface area contributed by atoms with Gasteiger partial charge in [0.15, 0.2) is 0 Å². The number of piperidine rings is 1. The predicted molar refractivity (Wildman–Crippen MR) is 126 cm³/mol. The van der Waals surface area contributed by atoms with Crippen molar-refractivity contribution in [2.45, 2.75) is 58.7 Å². The number of hydrogen-bond acceptors (Lipinski definition) is 5. The summed E-state index contributed by atoms with van der Waals surface area (Å²) in [5.41, 5.74) is 3.23. The van der Waals surface area contributed by atoms with Crippen LogP contribution in [-0.2, 0) is 27.5 Å². The number of imide groups is 1. The Hall–Kier alpha value is -2.71. The van der Waals surface area contributed by atoms with Crippen LogP contribution >= 0.6 is 22.9 Å². The van der Waals surface area contributed by atoms with Gasteiger partial charge in [0.25, 0.3) is 5.91 Å². The highest BCUT2D eigenvalue weighted by Gasteiger charge is 2.40. The van der Waals surface area contributed by atoms with Crippen molar-refractivity contribution < 1.29 is 19.2 Å². The quantitative estimate of drug-likeness (QED) is 0.609. The van der Waals surface area contributed by atoms with E-state index in [1.54, 1.807) is 5.38 Å². The molecule has 2 N–H and O–H groups in total. The summed E-state index contributed by atoms with van der Waals surface area (Å²) in [4.78, 5) is 52.1. The average Bonchev–Trinajstić information content (AvgIpc) is 3.28. The lowest BCUT2D eigenvalue weighted by Crippen LogP contribution is -2.52. The summed E-state index contributed by atoms with van der Waals surface area (Å²) in [5, 5.41) is 7.68. The van der Waals surface area contributed by atoms with Gasteiger partial charge in [0, 0.05) is 28.2 Å².